The van der Waals surface area contributed by atoms with Crippen molar-refractivity contribution in [2.75, 3.05) is 39.8 Å². The highest BCUT2D eigenvalue weighted by Gasteiger charge is 2.32. The summed E-state index contributed by atoms with van der Waals surface area (Å²) in [7, 11) is 1.55. The van der Waals surface area contributed by atoms with Gasteiger partial charge in [0.2, 0.25) is 11.8 Å². The van der Waals surface area contributed by atoms with E-state index in [4.69, 9.17) is 4.74 Å². The monoisotopic (exact) mass is 269 g/mol. The Balaban J connectivity index is 1.79. The number of hydrogen-bond donors (Lipinski definition) is 1. The molecule has 2 aliphatic rings. The Hall–Kier alpha value is -0.980. The molecule has 1 N–H and O–H groups in total. The van der Waals surface area contributed by atoms with Crippen molar-refractivity contribution in [3.05, 3.63) is 0 Å². The first-order chi connectivity index (χ1) is 9.11. The third-order valence-corrected chi connectivity index (χ3v) is 3.91. The van der Waals surface area contributed by atoms with E-state index in [9.17, 15) is 9.59 Å². The van der Waals surface area contributed by atoms with Crippen molar-refractivity contribution in [1.29, 1.82) is 0 Å². The molecule has 108 valence electrons. The number of rotatable bonds is 4. The lowest BCUT2D eigenvalue weighted by molar-refractivity contribution is -0.148. The fraction of sp³-hybridized carbons (Fsp3) is 0.846. The van der Waals surface area contributed by atoms with Gasteiger partial charge in [-0.3, -0.25) is 19.4 Å². The van der Waals surface area contributed by atoms with E-state index in [1.807, 2.05) is 0 Å². The number of likely N-dealkylation sites (tertiary alicyclic amines) is 1. The van der Waals surface area contributed by atoms with Gasteiger partial charge < -0.3 is 10.1 Å². The number of morpholine rings is 1. The van der Waals surface area contributed by atoms with Crippen LogP contribution < -0.4 is 5.32 Å². The van der Waals surface area contributed by atoms with E-state index in [-0.39, 0.29) is 24.0 Å². The van der Waals surface area contributed by atoms with Crippen molar-refractivity contribution in [1.82, 2.24) is 15.1 Å². The topological polar surface area (TPSA) is 61.9 Å². The predicted molar refractivity (Wildman–Crippen MR) is 70.7 cm³/mol. The summed E-state index contributed by atoms with van der Waals surface area (Å²) in [6.45, 7) is 6.46. The fourth-order valence-electron chi connectivity index (χ4n) is 2.57. The van der Waals surface area contributed by atoms with E-state index >= 15 is 0 Å². The van der Waals surface area contributed by atoms with Crippen LogP contribution in [-0.4, -0.2) is 73.6 Å². The lowest BCUT2D eigenvalue weighted by Crippen LogP contribution is -2.54. The van der Waals surface area contributed by atoms with Gasteiger partial charge in [0.25, 0.3) is 0 Å². The maximum atomic E-state index is 11.9. The summed E-state index contributed by atoms with van der Waals surface area (Å²) in [5.74, 6) is -0.214. The van der Waals surface area contributed by atoms with Crippen LogP contribution in [0.4, 0.5) is 0 Å². The van der Waals surface area contributed by atoms with Crippen molar-refractivity contribution in [2.24, 2.45) is 0 Å². The highest BCUT2D eigenvalue weighted by atomic mass is 16.5. The molecule has 2 aliphatic heterocycles. The summed E-state index contributed by atoms with van der Waals surface area (Å²) in [4.78, 5) is 26.9. The molecule has 2 amide bonds. The highest BCUT2D eigenvalue weighted by molar-refractivity contribution is 6.00. The molecule has 0 spiro atoms. The molecule has 2 saturated heterocycles. The quantitative estimate of drug-likeness (QED) is 0.694. The zero-order valence-electron chi connectivity index (χ0n) is 11.7. The molecule has 0 aromatic carbocycles. The SMILES string of the molecule is CCN1CCOC(CNC2CCC(=O)N(C)C2=O)C1. The first kappa shape index (κ1) is 14.4. The van der Waals surface area contributed by atoms with E-state index in [1.165, 1.54) is 4.90 Å². The zero-order valence-corrected chi connectivity index (χ0v) is 11.7. The Morgan fingerprint density at radius 1 is 1.42 bits per heavy atom. The molecule has 2 atom stereocenters. The van der Waals surface area contributed by atoms with Crippen LogP contribution in [0.3, 0.4) is 0 Å². The molecule has 0 aromatic heterocycles. The second-order valence-electron chi connectivity index (χ2n) is 5.18. The Bertz CT molecular complexity index is 348. The summed E-state index contributed by atoms with van der Waals surface area (Å²) < 4.78 is 5.69. The molecule has 2 fully saturated rings. The minimum absolute atomic E-state index is 0.0888. The average molecular weight is 269 g/mol. The van der Waals surface area contributed by atoms with Gasteiger partial charge in [0.15, 0.2) is 0 Å². The van der Waals surface area contributed by atoms with Crippen LogP contribution in [0.5, 0.6) is 0 Å². The normalized spacial score (nSPS) is 29.9. The largest absolute Gasteiger partial charge is 0.374 e. The first-order valence-corrected chi connectivity index (χ1v) is 6.99. The van der Waals surface area contributed by atoms with Crippen LogP contribution in [0.2, 0.25) is 0 Å². The van der Waals surface area contributed by atoms with Gasteiger partial charge in [0, 0.05) is 33.1 Å². The molecule has 2 heterocycles. The van der Waals surface area contributed by atoms with Crippen molar-refractivity contribution in [2.45, 2.75) is 31.9 Å². The number of ether oxygens (including phenoxy) is 1. The summed E-state index contributed by atoms with van der Waals surface area (Å²) in [6.07, 6.45) is 1.16. The van der Waals surface area contributed by atoms with Gasteiger partial charge in [0.05, 0.1) is 18.8 Å². The van der Waals surface area contributed by atoms with E-state index < -0.39 is 0 Å². The van der Waals surface area contributed by atoms with Crippen molar-refractivity contribution in [3.8, 4) is 0 Å². The van der Waals surface area contributed by atoms with E-state index in [0.29, 0.717) is 19.4 Å². The van der Waals surface area contributed by atoms with Gasteiger partial charge >= 0.3 is 0 Å². The Morgan fingerprint density at radius 3 is 2.95 bits per heavy atom. The van der Waals surface area contributed by atoms with Gasteiger partial charge in [-0.05, 0) is 13.0 Å². The zero-order chi connectivity index (χ0) is 13.8. The van der Waals surface area contributed by atoms with Crippen LogP contribution in [0.25, 0.3) is 0 Å². The number of hydrogen-bond acceptors (Lipinski definition) is 5. The molecule has 0 aromatic rings. The highest BCUT2D eigenvalue weighted by Crippen LogP contribution is 2.12. The van der Waals surface area contributed by atoms with Gasteiger partial charge in [-0.15, -0.1) is 0 Å². The molecule has 2 rings (SSSR count). The van der Waals surface area contributed by atoms with E-state index in [1.54, 1.807) is 7.05 Å². The number of carbonyl (C=O) groups excluding carboxylic acids is 2. The summed E-state index contributed by atoms with van der Waals surface area (Å²) >= 11 is 0. The van der Waals surface area contributed by atoms with Gasteiger partial charge in [-0.1, -0.05) is 6.92 Å². The number of likely N-dealkylation sites (N-methyl/N-ethyl adjacent to an activating group) is 2. The lowest BCUT2D eigenvalue weighted by atomic mass is 10.0. The predicted octanol–water partition coefficient (Wildman–Crippen LogP) is -0.556. The van der Waals surface area contributed by atoms with E-state index in [0.717, 1.165) is 26.2 Å². The average Bonchev–Trinajstić information content (AvgIpc) is 2.44. The van der Waals surface area contributed by atoms with Crippen molar-refractivity contribution < 1.29 is 14.3 Å². The van der Waals surface area contributed by atoms with Crippen LogP contribution in [0.15, 0.2) is 0 Å². The second-order valence-corrected chi connectivity index (χ2v) is 5.18. The first-order valence-electron chi connectivity index (χ1n) is 6.99. The number of amides is 2. The Kier molecular flexibility index (Phi) is 4.90. The minimum Gasteiger partial charge on any atom is -0.374 e. The number of imide groups is 1. The summed E-state index contributed by atoms with van der Waals surface area (Å²) in [5, 5.41) is 3.24. The minimum atomic E-state index is -0.247. The Morgan fingerprint density at radius 2 is 2.21 bits per heavy atom. The molecule has 0 bridgehead atoms. The third-order valence-electron chi connectivity index (χ3n) is 3.91. The number of piperidine rings is 1. The van der Waals surface area contributed by atoms with Crippen LogP contribution >= 0.6 is 0 Å². The number of nitrogens with one attached hydrogen (secondary N) is 1. The van der Waals surface area contributed by atoms with Crippen LogP contribution in [0.1, 0.15) is 19.8 Å². The number of carbonyl (C=O) groups is 2. The maximum absolute atomic E-state index is 11.9. The molecule has 2 unspecified atom stereocenters. The van der Waals surface area contributed by atoms with Gasteiger partial charge in [-0.2, -0.15) is 0 Å². The van der Waals surface area contributed by atoms with Crippen LogP contribution in [0, 0.1) is 0 Å². The fourth-order valence-corrected chi connectivity index (χ4v) is 2.57. The van der Waals surface area contributed by atoms with Crippen molar-refractivity contribution >= 4 is 11.8 Å². The standard InChI is InChI=1S/C13H23N3O3/c1-3-16-6-7-19-10(9-16)8-14-11-4-5-12(17)15(2)13(11)18/h10-11,14H,3-9H2,1-2H3. The Labute approximate surface area is 114 Å². The molecule has 6 nitrogen and oxygen atoms in total. The van der Waals surface area contributed by atoms with Crippen molar-refractivity contribution in [3.63, 3.8) is 0 Å². The lowest BCUT2D eigenvalue weighted by Gasteiger charge is -2.34. The summed E-state index contributed by atoms with van der Waals surface area (Å²) in [6, 6.07) is -0.247. The van der Waals surface area contributed by atoms with Gasteiger partial charge in [0.1, 0.15) is 0 Å². The molecular weight excluding hydrogens is 246 g/mol. The number of nitrogens with zero attached hydrogens (tertiary/aromatic N) is 2. The third kappa shape index (κ3) is 3.52. The molecule has 6 heteroatoms. The van der Waals surface area contributed by atoms with E-state index in [2.05, 4.69) is 17.1 Å². The van der Waals surface area contributed by atoms with Crippen LogP contribution in [-0.2, 0) is 14.3 Å². The van der Waals surface area contributed by atoms with Gasteiger partial charge in [-0.25, -0.2) is 0 Å². The molecule has 0 radical (unpaired) electrons. The molecule has 0 saturated carbocycles. The molecule has 0 aliphatic carbocycles. The molecular formula is C13H23N3O3. The summed E-state index contributed by atoms with van der Waals surface area (Å²) in [5.41, 5.74) is 0. The maximum Gasteiger partial charge on any atom is 0.246 e. The second kappa shape index (κ2) is 6.45. The molecule has 19 heavy (non-hydrogen) atoms. The smallest absolute Gasteiger partial charge is 0.246 e.